The predicted molar refractivity (Wildman–Crippen MR) is 72.9 cm³/mol. The van der Waals surface area contributed by atoms with E-state index in [1.807, 2.05) is 0 Å². The van der Waals surface area contributed by atoms with Crippen LogP contribution in [0.1, 0.15) is 25.3 Å². The summed E-state index contributed by atoms with van der Waals surface area (Å²) in [6.07, 6.45) is 2.25. The van der Waals surface area contributed by atoms with E-state index < -0.39 is 0 Å². The third-order valence-corrected chi connectivity index (χ3v) is 3.33. The van der Waals surface area contributed by atoms with Gasteiger partial charge in [-0.05, 0) is 43.0 Å². The number of ether oxygens (including phenoxy) is 2. The molecule has 0 saturated carbocycles. The molecule has 0 atom stereocenters. The molecule has 0 radical (unpaired) electrons. The van der Waals surface area contributed by atoms with Gasteiger partial charge in [0.25, 0.3) is 0 Å². The van der Waals surface area contributed by atoms with Crippen LogP contribution in [0.4, 0.5) is 0 Å². The van der Waals surface area contributed by atoms with Crippen LogP contribution < -0.4 is 10.1 Å². The topological polar surface area (TPSA) is 30.5 Å². The van der Waals surface area contributed by atoms with Gasteiger partial charge in [-0.15, -0.1) is 0 Å². The Bertz CT molecular complexity index is 331. The molecule has 0 aliphatic carbocycles. The van der Waals surface area contributed by atoms with Crippen LogP contribution in [0.2, 0.25) is 0 Å². The maximum absolute atomic E-state index is 5.83. The highest BCUT2D eigenvalue weighted by atomic mass is 16.5. The highest BCUT2D eigenvalue weighted by Gasteiger charge is 2.14. The van der Waals surface area contributed by atoms with Gasteiger partial charge in [0.15, 0.2) is 0 Å². The van der Waals surface area contributed by atoms with E-state index in [1.165, 1.54) is 5.56 Å². The van der Waals surface area contributed by atoms with E-state index in [9.17, 15) is 0 Å². The molecular formula is C15H23NO2. The zero-order chi connectivity index (χ0) is 12.6. The van der Waals surface area contributed by atoms with Crippen molar-refractivity contribution in [3.63, 3.8) is 0 Å². The van der Waals surface area contributed by atoms with E-state index in [0.29, 0.717) is 5.92 Å². The minimum atomic E-state index is 0.653. The summed E-state index contributed by atoms with van der Waals surface area (Å²) in [4.78, 5) is 0. The summed E-state index contributed by atoms with van der Waals surface area (Å²) in [6, 6.07) is 8.38. The first-order chi connectivity index (χ1) is 8.88. The quantitative estimate of drug-likeness (QED) is 0.840. The summed E-state index contributed by atoms with van der Waals surface area (Å²) in [6.45, 7) is 6.63. The molecule has 0 spiro atoms. The Morgan fingerprint density at radius 1 is 1.22 bits per heavy atom. The standard InChI is InChI=1S/C15H23NO2/c1-2-16-11-13-3-5-15(6-4-13)18-12-14-7-9-17-10-8-14/h3-6,14,16H,2,7-12H2,1H3. The Kier molecular flexibility index (Phi) is 5.49. The third kappa shape index (κ3) is 4.31. The number of rotatable bonds is 6. The van der Waals surface area contributed by atoms with Crippen LogP contribution in [0.15, 0.2) is 24.3 Å². The van der Waals surface area contributed by atoms with Gasteiger partial charge in [0.2, 0.25) is 0 Å². The summed E-state index contributed by atoms with van der Waals surface area (Å²) in [5, 5.41) is 3.31. The van der Waals surface area contributed by atoms with Crippen molar-refractivity contribution in [3.8, 4) is 5.75 Å². The lowest BCUT2D eigenvalue weighted by atomic mass is 10.0. The molecule has 1 fully saturated rings. The summed E-state index contributed by atoms with van der Waals surface area (Å²) >= 11 is 0. The molecule has 1 aromatic rings. The maximum Gasteiger partial charge on any atom is 0.119 e. The fraction of sp³-hybridized carbons (Fsp3) is 0.600. The second kappa shape index (κ2) is 7.39. The molecular weight excluding hydrogens is 226 g/mol. The van der Waals surface area contributed by atoms with E-state index in [4.69, 9.17) is 9.47 Å². The lowest BCUT2D eigenvalue weighted by molar-refractivity contribution is 0.0497. The van der Waals surface area contributed by atoms with Gasteiger partial charge in [-0.3, -0.25) is 0 Å². The Balaban J connectivity index is 1.75. The molecule has 100 valence electrons. The minimum absolute atomic E-state index is 0.653. The second-order valence-electron chi connectivity index (χ2n) is 4.79. The predicted octanol–water partition coefficient (Wildman–Crippen LogP) is 2.60. The first-order valence-electron chi connectivity index (χ1n) is 6.88. The molecule has 0 amide bonds. The van der Waals surface area contributed by atoms with Crippen molar-refractivity contribution in [2.24, 2.45) is 5.92 Å². The van der Waals surface area contributed by atoms with Crippen molar-refractivity contribution in [1.29, 1.82) is 0 Å². The highest BCUT2D eigenvalue weighted by molar-refractivity contribution is 5.27. The Morgan fingerprint density at radius 2 is 1.94 bits per heavy atom. The smallest absolute Gasteiger partial charge is 0.119 e. The first kappa shape index (κ1) is 13.4. The summed E-state index contributed by atoms with van der Waals surface area (Å²) in [5.41, 5.74) is 1.30. The van der Waals surface area contributed by atoms with Crippen molar-refractivity contribution in [2.45, 2.75) is 26.3 Å². The van der Waals surface area contributed by atoms with Crippen LogP contribution >= 0.6 is 0 Å². The lowest BCUT2D eigenvalue weighted by Crippen LogP contribution is -2.21. The van der Waals surface area contributed by atoms with Crippen molar-refractivity contribution in [3.05, 3.63) is 29.8 Å². The van der Waals surface area contributed by atoms with Crippen LogP contribution in [0, 0.1) is 5.92 Å². The van der Waals surface area contributed by atoms with Crippen molar-refractivity contribution in [2.75, 3.05) is 26.4 Å². The fourth-order valence-electron chi connectivity index (χ4n) is 2.10. The number of nitrogens with one attached hydrogen (secondary N) is 1. The summed E-state index contributed by atoms with van der Waals surface area (Å²) in [7, 11) is 0. The Hall–Kier alpha value is -1.06. The van der Waals surface area contributed by atoms with E-state index in [1.54, 1.807) is 0 Å². The number of hydrogen-bond donors (Lipinski definition) is 1. The zero-order valence-electron chi connectivity index (χ0n) is 11.2. The van der Waals surface area contributed by atoms with E-state index in [-0.39, 0.29) is 0 Å². The number of benzene rings is 1. The molecule has 1 aromatic carbocycles. The van der Waals surface area contributed by atoms with Gasteiger partial charge in [0.1, 0.15) is 5.75 Å². The normalized spacial score (nSPS) is 16.7. The minimum Gasteiger partial charge on any atom is -0.493 e. The average molecular weight is 249 g/mol. The monoisotopic (exact) mass is 249 g/mol. The molecule has 3 heteroatoms. The fourth-order valence-corrected chi connectivity index (χ4v) is 2.10. The molecule has 3 nitrogen and oxygen atoms in total. The van der Waals surface area contributed by atoms with Crippen LogP contribution in [0.25, 0.3) is 0 Å². The van der Waals surface area contributed by atoms with Gasteiger partial charge in [-0.25, -0.2) is 0 Å². The van der Waals surface area contributed by atoms with Crippen LogP contribution in [-0.4, -0.2) is 26.4 Å². The second-order valence-corrected chi connectivity index (χ2v) is 4.79. The average Bonchev–Trinajstić information content (AvgIpc) is 2.45. The molecule has 0 unspecified atom stereocenters. The largest absolute Gasteiger partial charge is 0.493 e. The highest BCUT2D eigenvalue weighted by Crippen LogP contribution is 2.18. The van der Waals surface area contributed by atoms with Gasteiger partial charge in [-0.1, -0.05) is 19.1 Å². The Labute approximate surface area is 109 Å². The molecule has 1 aliphatic rings. The van der Waals surface area contributed by atoms with E-state index in [2.05, 4.69) is 36.5 Å². The van der Waals surface area contributed by atoms with E-state index in [0.717, 1.165) is 51.5 Å². The van der Waals surface area contributed by atoms with Crippen LogP contribution in [-0.2, 0) is 11.3 Å². The molecule has 1 saturated heterocycles. The Morgan fingerprint density at radius 3 is 2.61 bits per heavy atom. The molecule has 1 N–H and O–H groups in total. The number of hydrogen-bond acceptors (Lipinski definition) is 3. The van der Waals surface area contributed by atoms with Gasteiger partial charge in [0, 0.05) is 19.8 Å². The lowest BCUT2D eigenvalue weighted by Gasteiger charge is -2.22. The molecule has 2 rings (SSSR count). The zero-order valence-corrected chi connectivity index (χ0v) is 11.2. The van der Waals surface area contributed by atoms with Gasteiger partial charge >= 0.3 is 0 Å². The molecule has 1 heterocycles. The van der Waals surface area contributed by atoms with Crippen molar-refractivity contribution >= 4 is 0 Å². The van der Waals surface area contributed by atoms with Gasteiger partial charge in [0.05, 0.1) is 6.61 Å². The maximum atomic E-state index is 5.83. The van der Waals surface area contributed by atoms with Crippen LogP contribution in [0.5, 0.6) is 5.75 Å². The first-order valence-corrected chi connectivity index (χ1v) is 6.88. The van der Waals surface area contributed by atoms with E-state index >= 15 is 0 Å². The van der Waals surface area contributed by atoms with Gasteiger partial charge < -0.3 is 14.8 Å². The van der Waals surface area contributed by atoms with Crippen molar-refractivity contribution < 1.29 is 9.47 Å². The molecule has 18 heavy (non-hydrogen) atoms. The SMILES string of the molecule is CCNCc1ccc(OCC2CCOCC2)cc1. The summed E-state index contributed by atoms with van der Waals surface area (Å²) in [5.74, 6) is 1.63. The van der Waals surface area contributed by atoms with Gasteiger partial charge in [-0.2, -0.15) is 0 Å². The molecule has 0 aromatic heterocycles. The van der Waals surface area contributed by atoms with Crippen LogP contribution in [0.3, 0.4) is 0 Å². The molecule has 0 bridgehead atoms. The third-order valence-electron chi connectivity index (χ3n) is 3.33. The van der Waals surface area contributed by atoms with Crippen molar-refractivity contribution in [1.82, 2.24) is 5.32 Å². The molecule has 1 aliphatic heterocycles. The summed E-state index contributed by atoms with van der Waals surface area (Å²) < 4.78 is 11.2.